The van der Waals surface area contributed by atoms with Gasteiger partial charge >= 0.3 is 0 Å². The van der Waals surface area contributed by atoms with E-state index >= 15 is 0 Å². The first-order valence-corrected chi connectivity index (χ1v) is 11.2. The summed E-state index contributed by atoms with van der Waals surface area (Å²) in [6.45, 7) is 2.26. The molecule has 1 aliphatic heterocycles. The molecule has 0 spiro atoms. The quantitative estimate of drug-likeness (QED) is 0.419. The van der Waals surface area contributed by atoms with E-state index in [0.717, 1.165) is 41.2 Å². The van der Waals surface area contributed by atoms with E-state index < -0.39 is 0 Å². The maximum absolute atomic E-state index is 4.99. The first-order chi connectivity index (χ1) is 15.8. The highest BCUT2D eigenvalue weighted by Gasteiger charge is 2.19. The second-order valence-electron chi connectivity index (χ2n) is 8.36. The number of para-hydroxylation sites is 2. The molecule has 3 N–H and O–H groups in total. The van der Waals surface area contributed by atoms with E-state index in [-0.39, 0.29) is 12.4 Å². The topological polar surface area (TPSA) is 72.2 Å². The van der Waals surface area contributed by atoms with Crippen LogP contribution in [-0.2, 0) is 0 Å². The van der Waals surface area contributed by atoms with Gasteiger partial charge in [0.05, 0.1) is 30.2 Å². The Kier molecular flexibility index (Phi) is 5.94. The highest BCUT2D eigenvalue weighted by atomic mass is 35.5. The molecule has 1 saturated heterocycles. The van der Waals surface area contributed by atoms with Crippen molar-refractivity contribution in [1.82, 2.24) is 19.5 Å². The lowest BCUT2D eigenvalue weighted by Crippen LogP contribution is -3.00. The highest BCUT2D eigenvalue weighted by molar-refractivity contribution is 5.89. The molecule has 1 aliphatic rings. The SMILES string of the molecule is [Cl-].c1ccc2cc(-c3nc4ccccc4n3-c3ccnc(NC4CCC[NH2+]C4)n3)ccc2c1. The molecule has 1 fully saturated rings. The lowest BCUT2D eigenvalue weighted by atomic mass is 10.1. The van der Waals surface area contributed by atoms with Crippen LogP contribution in [0.15, 0.2) is 79.0 Å². The standard InChI is InChI=1S/C26H24N6.ClH/c1-2-7-19-16-20(12-11-18(19)6-1)25-30-22-9-3-4-10-23(22)32(25)24-13-15-28-26(31-24)29-21-8-5-14-27-17-21;/h1-4,6-7,9-13,15-16,21,27H,5,8,14,17H2,(H,28,29,31);1H. The summed E-state index contributed by atoms with van der Waals surface area (Å²) in [6.07, 6.45) is 4.20. The minimum absolute atomic E-state index is 0. The summed E-state index contributed by atoms with van der Waals surface area (Å²) < 4.78 is 2.14. The van der Waals surface area contributed by atoms with Crippen molar-refractivity contribution in [2.45, 2.75) is 18.9 Å². The molecule has 2 aromatic heterocycles. The normalized spacial score (nSPS) is 15.9. The van der Waals surface area contributed by atoms with Gasteiger partial charge in [-0.1, -0.05) is 48.5 Å². The molecule has 6 nitrogen and oxygen atoms in total. The summed E-state index contributed by atoms with van der Waals surface area (Å²) in [6, 6.07) is 25.5. The van der Waals surface area contributed by atoms with Gasteiger partial charge in [0.2, 0.25) is 5.95 Å². The number of fused-ring (bicyclic) bond motifs is 2. The zero-order valence-corrected chi connectivity index (χ0v) is 18.9. The number of nitrogens with one attached hydrogen (secondary N) is 1. The van der Waals surface area contributed by atoms with Crippen molar-refractivity contribution in [3.63, 3.8) is 0 Å². The predicted octanol–water partition coefficient (Wildman–Crippen LogP) is 0.777. The Morgan fingerprint density at radius 3 is 2.64 bits per heavy atom. The molecule has 6 rings (SSSR count). The fourth-order valence-electron chi connectivity index (χ4n) is 4.58. The average Bonchev–Trinajstić information content (AvgIpc) is 3.24. The maximum atomic E-state index is 4.99. The van der Waals surface area contributed by atoms with Crippen LogP contribution in [0.3, 0.4) is 0 Å². The van der Waals surface area contributed by atoms with Crippen molar-refractivity contribution >= 4 is 27.8 Å². The molecule has 1 unspecified atom stereocenters. The summed E-state index contributed by atoms with van der Waals surface area (Å²) in [5.41, 5.74) is 3.05. The Labute approximate surface area is 198 Å². The molecule has 7 heteroatoms. The molecule has 33 heavy (non-hydrogen) atoms. The number of nitrogens with zero attached hydrogens (tertiary/aromatic N) is 4. The monoisotopic (exact) mass is 456 g/mol. The number of anilines is 1. The fourth-order valence-corrected chi connectivity index (χ4v) is 4.58. The number of hydrogen-bond acceptors (Lipinski definition) is 4. The molecule has 3 heterocycles. The lowest BCUT2D eigenvalue weighted by Gasteiger charge is -2.21. The van der Waals surface area contributed by atoms with E-state index in [1.54, 1.807) is 0 Å². The van der Waals surface area contributed by atoms with E-state index in [2.05, 4.69) is 74.8 Å². The van der Waals surface area contributed by atoms with Gasteiger partial charge in [-0.05, 0) is 47.9 Å². The van der Waals surface area contributed by atoms with Crippen molar-refractivity contribution in [3.05, 3.63) is 79.0 Å². The first-order valence-electron chi connectivity index (χ1n) is 11.2. The molecule has 0 amide bonds. The van der Waals surface area contributed by atoms with Crippen molar-refractivity contribution in [3.8, 4) is 17.2 Å². The number of benzene rings is 3. The number of halogens is 1. The Bertz CT molecular complexity index is 1410. The number of quaternary nitrogens is 1. The van der Waals surface area contributed by atoms with Gasteiger partial charge in [-0.3, -0.25) is 4.57 Å². The van der Waals surface area contributed by atoms with E-state index in [0.29, 0.717) is 12.0 Å². The highest BCUT2D eigenvalue weighted by Crippen LogP contribution is 2.30. The summed E-state index contributed by atoms with van der Waals surface area (Å²) in [5, 5.41) is 8.30. The van der Waals surface area contributed by atoms with Crippen molar-refractivity contribution in [2.24, 2.45) is 0 Å². The van der Waals surface area contributed by atoms with Crippen molar-refractivity contribution in [1.29, 1.82) is 0 Å². The Hall–Kier alpha value is -3.48. The van der Waals surface area contributed by atoms with Crippen LogP contribution in [0.1, 0.15) is 12.8 Å². The van der Waals surface area contributed by atoms with E-state index in [9.17, 15) is 0 Å². The molecule has 0 bridgehead atoms. The number of piperidine rings is 1. The summed E-state index contributed by atoms with van der Waals surface area (Å²) in [4.78, 5) is 14.4. The summed E-state index contributed by atoms with van der Waals surface area (Å²) in [7, 11) is 0. The van der Waals surface area contributed by atoms with Gasteiger partial charge in [0.15, 0.2) is 0 Å². The van der Waals surface area contributed by atoms with E-state index in [4.69, 9.17) is 9.97 Å². The Morgan fingerprint density at radius 1 is 0.909 bits per heavy atom. The van der Waals surface area contributed by atoms with Crippen LogP contribution in [-0.4, -0.2) is 38.7 Å². The van der Waals surface area contributed by atoms with Gasteiger partial charge in [0.25, 0.3) is 0 Å². The molecule has 0 aliphatic carbocycles. The zero-order valence-electron chi connectivity index (χ0n) is 18.2. The second kappa shape index (κ2) is 9.17. The van der Waals surface area contributed by atoms with Crippen LogP contribution < -0.4 is 23.0 Å². The van der Waals surface area contributed by atoms with Gasteiger partial charge < -0.3 is 23.0 Å². The number of rotatable bonds is 4. The van der Waals surface area contributed by atoms with Gasteiger partial charge in [-0.25, -0.2) is 9.97 Å². The van der Waals surface area contributed by atoms with Crippen LogP contribution in [0.5, 0.6) is 0 Å². The van der Waals surface area contributed by atoms with E-state index in [1.807, 2.05) is 24.4 Å². The Morgan fingerprint density at radius 2 is 1.76 bits per heavy atom. The van der Waals surface area contributed by atoms with Gasteiger partial charge in [-0.15, -0.1) is 0 Å². The van der Waals surface area contributed by atoms with Crippen LogP contribution in [0.25, 0.3) is 39.0 Å². The summed E-state index contributed by atoms with van der Waals surface area (Å²) >= 11 is 0. The van der Waals surface area contributed by atoms with Crippen molar-refractivity contribution in [2.75, 3.05) is 18.4 Å². The van der Waals surface area contributed by atoms with Crippen LogP contribution in [0, 0.1) is 0 Å². The average molecular weight is 457 g/mol. The smallest absolute Gasteiger partial charge is 0.225 e. The van der Waals surface area contributed by atoms with Gasteiger partial charge in [0.1, 0.15) is 11.6 Å². The molecule has 1 atom stereocenters. The van der Waals surface area contributed by atoms with Gasteiger partial charge in [0, 0.05) is 11.8 Å². The number of nitrogens with two attached hydrogens (primary N) is 1. The van der Waals surface area contributed by atoms with E-state index in [1.165, 1.54) is 23.7 Å². The molecule has 5 aromatic rings. The summed E-state index contributed by atoms with van der Waals surface area (Å²) in [5.74, 6) is 2.37. The molecule has 0 radical (unpaired) electrons. The minimum Gasteiger partial charge on any atom is -1.00 e. The third-order valence-corrected chi connectivity index (χ3v) is 6.18. The van der Waals surface area contributed by atoms with Gasteiger partial charge in [-0.2, -0.15) is 4.98 Å². The number of aromatic nitrogens is 4. The second-order valence-corrected chi connectivity index (χ2v) is 8.36. The Balaban J connectivity index is 0.00000228. The predicted molar refractivity (Wildman–Crippen MR) is 128 cm³/mol. The molecule has 3 aromatic carbocycles. The molecular formula is C26H25ClN6. The maximum Gasteiger partial charge on any atom is 0.225 e. The van der Waals surface area contributed by atoms with Crippen molar-refractivity contribution < 1.29 is 17.7 Å². The minimum atomic E-state index is 0. The third-order valence-electron chi connectivity index (χ3n) is 6.18. The number of imidazole rings is 1. The molecule has 0 saturated carbocycles. The third kappa shape index (κ3) is 4.15. The lowest BCUT2D eigenvalue weighted by molar-refractivity contribution is -0.663. The largest absolute Gasteiger partial charge is 1.00 e. The van der Waals surface area contributed by atoms with Crippen LogP contribution in [0.2, 0.25) is 0 Å². The number of hydrogen-bond donors (Lipinski definition) is 2. The fraction of sp³-hybridized carbons (Fsp3) is 0.192. The van der Waals surface area contributed by atoms with Crippen LogP contribution in [0.4, 0.5) is 5.95 Å². The zero-order chi connectivity index (χ0) is 21.3. The first kappa shape index (κ1) is 21.4. The van der Waals surface area contributed by atoms with Crippen LogP contribution >= 0.6 is 0 Å². The molecule has 166 valence electrons. The molecular weight excluding hydrogens is 432 g/mol.